The molecule has 3 aromatic carbocycles. The number of aromatic nitrogens is 2. The Morgan fingerprint density at radius 2 is 1.68 bits per heavy atom. The standard InChI is InChI=1S/C20H20N4.C8H4F4O/c1-21-15-9-7-13(8-10-15)18-11-14-12-23-20(22-2)24-19(14)17-6-4-3-5-16(17)18;9-7-5(4-13)2-1-3-6(7)8(10,11)12/h3-10,12,18,21H,11H2,1-2H3,(H,22,23,24);1-4H. The Labute approximate surface area is 211 Å². The van der Waals surface area contributed by atoms with Gasteiger partial charge in [0.15, 0.2) is 6.29 Å². The molecule has 0 radical (unpaired) electrons. The number of nitrogens with zero attached hydrogens (tertiary/aromatic N) is 2. The van der Waals surface area contributed by atoms with Crippen molar-refractivity contribution in [3.05, 3.63) is 107 Å². The number of hydrogen-bond acceptors (Lipinski definition) is 5. The summed E-state index contributed by atoms with van der Waals surface area (Å²) >= 11 is 0. The number of rotatable bonds is 4. The summed E-state index contributed by atoms with van der Waals surface area (Å²) in [5.41, 5.74) is 5.24. The number of hydrogen-bond donors (Lipinski definition) is 2. The molecule has 4 aromatic rings. The van der Waals surface area contributed by atoms with Crippen LogP contribution in [0.2, 0.25) is 0 Å². The highest BCUT2D eigenvalue weighted by Gasteiger charge is 2.34. The van der Waals surface area contributed by atoms with E-state index in [1.165, 1.54) is 22.3 Å². The highest BCUT2D eigenvalue weighted by atomic mass is 19.4. The van der Waals surface area contributed by atoms with E-state index in [0.717, 1.165) is 29.9 Å². The number of alkyl halides is 3. The maximum atomic E-state index is 12.8. The van der Waals surface area contributed by atoms with Crippen LogP contribution < -0.4 is 10.6 Å². The summed E-state index contributed by atoms with van der Waals surface area (Å²) < 4.78 is 48.8. The number of anilines is 2. The quantitative estimate of drug-likeness (QED) is 0.241. The Kier molecular flexibility index (Phi) is 7.52. The van der Waals surface area contributed by atoms with E-state index >= 15 is 0 Å². The van der Waals surface area contributed by atoms with Crippen molar-refractivity contribution in [3.63, 3.8) is 0 Å². The van der Waals surface area contributed by atoms with Gasteiger partial charge < -0.3 is 10.6 Å². The molecule has 0 amide bonds. The van der Waals surface area contributed by atoms with Crippen LogP contribution in [0.5, 0.6) is 0 Å². The first-order chi connectivity index (χ1) is 17.8. The van der Waals surface area contributed by atoms with Crippen LogP contribution >= 0.6 is 0 Å². The summed E-state index contributed by atoms with van der Waals surface area (Å²) in [6, 6.07) is 19.8. The van der Waals surface area contributed by atoms with Crippen molar-refractivity contribution in [2.24, 2.45) is 0 Å². The molecule has 9 heteroatoms. The van der Waals surface area contributed by atoms with Crippen LogP contribution in [-0.2, 0) is 12.6 Å². The molecule has 1 atom stereocenters. The zero-order valence-corrected chi connectivity index (χ0v) is 20.1. The Morgan fingerprint density at radius 3 is 2.32 bits per heavy atom. The number of halogens is 4. The van der Waals surface area contributed by atoms with Gasteiger partial charge in [-0.15, -0.1) is 0 Å². The summed E-state index contributed by atoms with van der Waals surface area (Å²) in [7, 11) is 3.79. The van der Waals surface area contributed by atoms with E-state index in [9.17, 15) is 22.4 Å². The molecule has 0 fully saturated rings. The number of nitrogens with one attached hydrogen (secondary N) is 2. The molecule has 1 unspecified atom stereocenters. The molecule has 1 heterocycles. The van der Waals surface area contributed by atoms with Crippen molar-refractivity contribution < 1.29 is 22.4 Å². The predicted molar refractivity (Wildman–Crippen MR) is 135 cm³/mol. The van der Waals surface area contributed by atoms with Gasteiger partial charge in [0.1, 0.15) is 5.82 Å². The second-order valence-corrected chi connectivity index (χ2v) is 8.36. The summed E-state index contributed by atoms with van der Waals surface area (Å²) in [6.45, 7) is 0. The number of carbonyl (C=O) groups is 1. The fourth-order valence-electron chi connectivity index (χ4n) is 4.30. The molecule has 1 aliphatic carbocycles. The van der Waals surface area contributed by atoms with Crippen LogP contribution in [0, 0.1) is 5.82 Å². The van der Waals surface area contributed by atoms with Gasteiger partial charge in [-0.1, -0.05) is 42.5 Å². The Morgan fingerprint density at radius 1 is 0.946 bits per heavy atom. The second-order valence-electron chi connectivity index (χ2n) is 8.36. The van der Waals surface area contributed by atoms with Gasteiger partial charge in [0.2, 0.25) is 5.95 Å². The molecule has 37 heavy (non-hydrogen) atoms. The lowest BCUT2D eigenvalue weighted by molar-refractivity contribution is -0.140. The fraction of sp³-hybridized carbons (Fsp3) is 0.179. The molecular weight excluding hydrogens is 484 g/mol. The number of benzene rings is 3. The van der Waals surface area contributed by atoms with Crippen molar-refractivity contribution in [1.29, 1.82) is 0 Å². The first-order valence-corrected chi connectivity index (χ1v) is 11.5. The molecular formula is C28H24F4N4O. The van der Waals surface area contributed by atoms with E-state index in [1.807, 2.05) is 20.3 Å². The van der Waals surface area contributed by atoms with Crippen molar-refractivity contribution in [2.75, 3.05) is 24.7 Å². The molecule has 5 rings (SSSR count). The van der Waals surface area contributed by atoms with Crippen LogP contribution in [-0.4, -0.2) is 30.3 Å². The van der Waals surface area contributed by atoms with Gasteiger partial charge in [-0.3, -0.25) is 4.79 Å². The molecule has 0 spiro atoms. The topological polar surface area (TPSA) is 66.9 Å². The van der Waals surface area contributed by atoms with Gasteiger partial charge in [-0.2, -0.15) is 13.2 Å². The average molecular weight is 509 g/mol. The maximum absolute atomic E-state index is 12.8. The highest BCUT2D eigenvalue weighted by Crippen LogP contribution is 2.42. The molecule has 1 aromatic heterocycles. The van der Waals surface area contributed by atoms with E-state index < -0.39 is 23.1 Å². The van der Waals surface area contributed by atoms with E-state index in [2.05, 4.69) is 64.1 Å². The third kappa shape index (κ3) is 5.45. The zero-order valence-electron chi connectivity index (χ0n) is 20.1. The Bertz CT molecular complexity index is 1400. The van der Waals surface area contributed by atoms with Crippen molar-refractivity contribution in [2.45, 2.75) is 18.5 Å². The second kappa shape index (κ2) is 10.8. The Balaban J connectivity index is 0.000000209. The Hall–Kier alpha value is -4.27. The molecule has 0 aliphatic heterocycles. The smallest absolute Gasteiger partial charge is 0.388 e. The van der Waals surface area contributed by atoms with Crippen LogP contribution in [0.4, 0.5) is 29.2 Å². The first kappa shape index (κ1) is 25.8. The van der Waals surface area contributed by atoms with Crippen LogP contribution in [0.3, 0.4) is 0 Å². The lowest BCUT2D eigenvalue weighted by Gasteiger charge is -2.27. The van der Waals surface area contributed by atoms with Crippen LogP contribution in [0.15, 0.2) is 72.9 Å². The lowest BCUT2D eigenvalue weighted by atomic mass is 9.78. The molecule has 0 bridgehead atoms. The molecule has 2 N–H and O–H groups in total. The van der Waals surface area contributed by atoms with Gasteiger partial charge in [-0.25, -0.2) is 14.4 Å². The molecule has 0 saturated carbocycles. The first-order valence-electron chi connectivity index (χ1n) is 11.5. The number of aldehydes is 1. The molecule has 5 nitrogen and oxygen atoms in total. The van der Waals surface area contributed by atoms with Gasteiger partial charge in [0.25, 0.3) is 0 Å². The zero-order chi connectivity index (χ0) is 26.6. The minimum Gasteiger partial charge on any atom is -0.388 e. The van der Waals surface area contributed by atoms with Gasteiger partial charge in [0.05, 0.1) is 16.8 Å². The third-order valence-corrected chi connectivity index (χ3v) is 6.17. The van der Waals surface area contributed by atoms with E-state index in [-0.39, 0.29) is 6.29 Å². The van der Waals surface area contributed by atoms with Gasteiger partial charge in [0, 0.05) is 37.5 Å². The minimum absolute atomic E-state index is 0.0462. The summed E-state index contributed by atoms with van der Waals surface area (Å²) in [5.74, 6) is -0.519. The van der Waals surface area contributed by atoms with E-state index in [4.69, 9.17) is 4.98 Å². The molecule has 1 aliphatic rings. The van der Waals surface area contributed by atoms with Crippen molar-refractivity contribution in [3.8, 4) is 11.3 Å². The lowest BCUT2D eigenvalue weighted by Crippen LogP contribution is -2.15. The summed E-state index contributed by atoms with van der Waals surface area (Å²) in [6.07, 6.45) is -1.83. The molecule has 0 saturated heterocycles. The largest absolute Gasteiger partial charge is 0.419 e. The normalized spacial score (nSPS) is 13.9. The monoisotopic (exact) mass is 508 g/mol. The van der Waals surface area contributed by atoms with Crippen LogP contribution in [0.25, 0.3) is 11.3 Å². The van der Waals surface area contributed by atoms with E-state index in [1.54, 1.807) is 0 Å². The van der Waals surface area contributed by atoms with Gasteiger partial charge in [-0.05, 0) is 47.4 Å². The molecule has 190 valence electrons. The number of carbonyl (C=O) groups excluding carboxylic acids is 1. The predicted octanol–water partition coefficient (Wildman–Crippen LogP) is 6.57. The van der Waals surface area contributed by atoms with E-state index in [0.29, 0.717) is 17.9 Å². The number of fused-ring (bicyclic) bond motifs is 3. The van der Waals surface area contributed by atoms with Gasteiger partial charge >= 0.3 is 6.18 Å². The van der Waals surface area contributed by atoms with Crippen molar-refractivity contribution >= 4 is 17.9 Å². The summed E-state index contributed by atoms with van der Waals surface area (Å²) in [5, 5.41) is 6.21. The third-order valence-electron chi connectivity index (χ3n) is 6.17. The highest BCUT2D eigenvalue weighted by molar-refractivity contribution is 5.75. The van der Waals surface area contributed by atoms with Crippen LogP contribution in [0.1, 0.15) is 38.5 Å². The SMILES string of the molecule is CNc1ccc(C2Cc3cnc(NC)nc3-c3ccccc32)cc1.O=Cc1cccc(C(F)(F)F)c1F. The summed E-state index contributed by atoms with van der Waals surface area (Å²) in [4.78, 5) is 19.2. The average Bonchev–Trinajstić information content (AvgIpc) is 2.92. The fourth-order valence-corrected chi connectivity index (χ4v) is 4.30. The maximum Gasteiger partial charge on any atom is 0.419 e. The minimum atomic E-state index is -4.76. The van der Waals surface area contributed by atoms with Crippen molar-refractivity contribution in [1.82, 2.24) is 9.97 Å².